The Labute approximate surface area is 161 Å². The van der Waals surface area contributed by atoms with Gasteiger partial charge in [0.25, 0.3) is 0 Å². The Hall–Kier alpha value is -2.87. The number of hydrogen-bond acceptors (Lipinski definition) is 6. The lowest BCUT2D eigenvalue weighted by Gasteiger charge is -2.27. The minimum atomic E-state index is -0.529. The highest BCUT2D eigenvalue weighted by Gasteiger charge is 2.35. The van der Waals surface area contributed by atoms with Crippen LogP contribution < -0.4 is 15.7 Å². The number of hydrogen-bond donors (Lipinski definition) is 1. The molecule has 0 radical (unpaired) electrons. The van der Waals surface area contributed by atoms with Crippen LogP contribution in [0.15, 0.2) is 27.4 Å². The van der Waals surface area contributed by atoms with Crippen LogP contribution >= 0.6 is 0 Å². The van der Waals surface area contributed by atoms with Gasteiger partial charge in [-0.25, -0.2) is 4.79 Å². The molecule has 2 bridgehead atoms. The molecule has 8 nitrogen and oxygen atoms in total. The summed E-state index contributed by atoms with van der Waals surface area (Å²) in [6.45, 7) is 3.15. The number of nitrogens with one attached hydrogen (secondary N) is 1. The summed E-state index contributed by atoms with van der Waals surface area (Å²) in [5.74, 6) is -0.0859. The Morgan fingerprint density at radius 2 is 2.11 bits per heavy atom. The van der Waals surface area contributed by atoms with Gasteiger partial charge in [-0.2, -0.15) is 0 Å². The van der Waals surface area contributed by atoms with E-state index in [1.54, 1.807) is 24.1 Å². The normalized spacial score (nSPS) is 21.9. The monoisotopic (exact) mass is 386 g/mol. The van der Waals surface area contributed by atoms with Gasteiger partial charge in [-0.3, -0.25) is 9.59 Å². The molecule has 148 valence electrons. The van der Waals surface area contributed by atoms with Crippen molar-refractivity contribution < 1.29 is 23.5 Å². The Morgan fingerprint density at radius 1 is 1.29 bits per heavy atom. The number of fused-ring (bicyclic) bond motifs is 4. The van der Waals surface area contributed by atoms with Gasteiger partial charge >= 0.3 is 5.63 Å². The highest BCUT2D eigenvalue weighted by atomic mass is 16.5. The van der Waals surface area contributed by atoms with Gasteiger partial charge in [-0.1, -0.05) is 0 Å². The first-order valence-corrected chi connectivity index (χ1v) is 9.22. The molecule has 2 aliphatic rings. The van der Waals surface area contributed by atoms with Crippen LogP contribution in [0.5, 0.6) is 5.75 Å². The molecule has 2 fully saturated rings. The van der Waals surface area contributed by atoms with E-state index < -0.39 is 11.5 Å². The van der Waals surface area contributed by atoms with Crippen LogP contribution in [0.3, 0.4) is 0 Å². The van der Waals surface area contributed by atoms with E-state index in [0.717, 1.165) is 10.9 Å². The highest BCUT2D eigenvalue weighted by Crippen LogP contribution is 2.24. The van der Waals surface area contributed by atoms with Crippen molar-refractivity contribution in [3.8, 4) is 5.75 Å². The topological polar surface area (TPSA) is 98.1 Å². The number of methoxy groups -OCH3 is 1. The Kier molecular flexibility index (Phi) is 4.80. The molecule has 28 heavy (non-hydrogen) atoms. The van der Waals surface area contributed by atoms with Gasteiger partial charge in [0.15, 0.2) is 0 Å². The van der Waals surface area contributed by atoms with Crippen LogP contribution in [-0.4, -0.2) is 56.2 Å². The Balaban J connectivity index is 1.62. The summed E-state index contributed by atoms with van der Waals surface area (Å²) in [5, 5.41) is 3.66. The fraction of sp³-hybridized carbons (Fsp3) is 0.450. The van der Waals surface area contributed by atoms with E-state index in [9.17, 15) is 14.4 Å². The van der Waals surface area contributed by atoms with Gasteiger partial charge in [0, 0.05) is 24.5 Å². The Morgan fingerprint density at radius 3 is 2.89 bits per heavy atom. The van der Waals surface area contributed by atoms with Crippen molar-refractivity contribution in [2.24, 2.45) is 5.92 Å². The molecule has 2 atom stereocenters. The van der Waals surface area contributed by atoms with E-state index in [1.807, 2.05) is 13.0 Å². The smallest absolute Gasteiger partial charge is 0.340 e. The second-order valence-electron chi connectivity index (χ2n) is 7.27. The molecule has 2 aromatic rings. The largest absolute Gasteiger partial charge is 0.497 e. The molecule has 1 N–H and O–H groups in total. The van der Waals surface area contributed by atoms with Crippen LogP contribution in [0.2, 0.25) is 0 Å². The second kappa shape index (κ2) is 7.27. The van der Waals surface area contributed by atoms with Gasteiger partial charge in [-0.15, -0.1) is 0 Å². The number of benzene rings is 1. The third-order valence-corrected chi connectivity index (χ3v) is 5.41. The van der Waals surface area contributed by atoms with Crippen LogP contribution in [0.25, 0.3) is 11.0 Å². The lowest BCUT2D eigenvalue weighted by atomic mass is 10.0. The Bertz CT molecular complexity index is 998. The first-order valence-electron chi connectivity index (χ1n) is 9.22. The maximum atomic E-state index is 12.9. The molecule has 2 aliphatic heterocycles. The number of carbonyl (C=O) groups excluding carboxylic acids is 2. The molecule has 8 heteroatoms. The van der Waals surface area contributed by atoms with Crippen molar-refractivity contribution in [2.75, 3.05) is 33.4 Å². The predicted molar refractivity (Wildman–Crippen MR) is 100 cm³/mol. The molecule has 3 heterocycles. The summed E-state index contributed by atoms with van der Waals surface area (Å²) in [4.78, 5) is 39.2. The second-order valence-corrected chi connectivity index (χ2v) is 7.27. The van der Waals surface area contributed by atoms with Crippen molar-refractivity contribution in [1.29, 1.82) is 0 Å². The van der Waals surface area contributed by atoms with Crippen LogP contribution in [0.1, 0.15) is 11.1 Å². The minimum Gasteiger partial charge on any atom is -0.497 e. The standard InChI is InChI=1S/C20H22N2O6/c1-11-15-4-3-14(26-2)5-17(15)28-20(25)16(11)6-18(23)22-7-12-9-27-10-13(8-22)21-19(12)24/h3-5,12-13H,6-10H2,1-2H3,(H,21,24)/t12-,13+/m1/s1. The minimum absolute atomic E-state index is 0.0649. The molecule has 0 spiro atoms. The summed E-state index contributed by atoms with van der Waals surface area (Å²) in [6, 6.07) is 5.03. The first-order chi connectivity index (χ1) is 13.5. The lowest BCUT2D eigenvalue weighted by Crippen LogP contribution is -2.45. The van der Waals surface area contributed by atoms with E-state index >= 15 is 0 Å². The maximum Gasteiger partial charge on any atom is 0.340 e. The summed E-state index contributed by atoms with van der Waals surface area (Å²) in [6.07, 6.45) is -0.0649. The number of rotatable bonds is 3. The number of nitrogens with zero attached hydrogens (tertiary/aromatic N) is 1. The molecule has 2 saturated heterocycles. The van der Waals surface area contributed by atoms with E-state index in [0.29, 0.717) is 36.7 Å². The van der Waals surface area contributed by atoms with Crippen LogP contribution in [0, 0.1) is 12.8 Å². The van der Waals surface area contributed by atoms with Gasteiger partial charge in [-0.05, 0) is 24.6 Å². The zero-order chi connectivity index (χ0) is 19.8. The lowest BCUT2D eigenvalue weighted by molar-refractivity contribution is -0.133. The molecule has 0 unspecified atom stereocenters. The van der Waals surface area contributed by atoms with Crippen LogP contribution in [0.4, 0.5) is 0 Å². The zero-order valence-electron chi connectivity index (χ0n) is 15.8. The average molecular weight is 386 g/mol. The van der Waals surface area contributed by atoms with Crippen molar-refractivity contribution in [2.45, 2.75) is 19.4 Å². The summed E-state index contributed by atoms with van der Waals surface area (Å²) < 4.78 is 16.1. The molecule has 0 aliphatic carbocycles. The SMILES string of the molecule is COc1ccc2c(C)c(CC(=O)N3C[C@H]4COC[C@@H](C3)C(=O)N4)c(=O)oc2c1. The highest BCUT2D eigenvalue weighted by molar-refractivity contribution is 5.86. The molecule has 1 aromatic carbocycles. The third-order valence-electron chi connectivity index (χ3n) is 5.41. The van der Waals surface area contributed by atoms with Crippen molar-refractivity contribution in [3.05, 3.63) is 39.7 Å². The molecule has 2 amide bonds. The number of amides is 2. The summed E-state index contributed by atoms with van der Waals surface area (Å²) in [7, 11) is 1.54. The third kappa shape index (κ3) is 3.35. The van der Waals surface area contributed by atoms with Crippen LogP contribution in [-0.2, 0) is 20.7 Å². The maximum absolute atomic E-state index is 12.9. The van der Waals surface area contributed by atoms with Gasteiger partial charge in [0.1, 0.15) is 11.3 Å². The van der Waals surface area contributed by atoms with Crippen molar-refractivity contribution in [1.82, 2.24) is 10.2 Å². The average Bonchev–Trinajstić information content (AvgIpc) is 2.93. The van der Waals surface area contributed by atoms with E-state index in [4.69, 9.17) is 13.9 Å². The molecule has 1 aromatic heterocycles. The first kappa shape index (κ1) is 18.5. The van der Waals surface area contributed by atoms with Gasteiger partial charge < -0.3 is 24.1 Å². The van der Waals surface area contributed by atoms with Gasteiger partial charge in [0.05, 0.1) is 44.3 Å². The zero-order valence-corrected chi connectivity index (χ0v) is 15.8. The quantitative estimate of drug-likeness (QED) is 0.777. The predicted octanol–water partition coefficient (Wildman–Crippen LogP) is 0.626. The fourth-order valence-electron chi connectivity index (χ4n) is 3.80. The molecular formula is C20H22N2O6. The van der Waals surface area contributed by atoms with Gasteiger partial charge in [0.2, 0.25) is 11.8 Å². The number of aryl methyl sites for hydroxylation is 1. The van der Waals surface area contributed by atoms with E-state index in [2.05, 4.69) is 5.32 Å². The molecule has 0 saturated carbocycles. The molecular weight excluding hydrogens is 364 g/mol. The van der Waals surface area contributed by atoms with E-state index in [1.165, 1.54) is 0 Å². The fourth-order valence-corrected chi connectivity index (χ4v) is 3.80. The summed E-state index contributed by atoms with van der Waals surface area (Å²) >= 11 is 0. The van der Waals surface area contributed by atoms with Crippen molar-refractivity contribution >= 4 is 22.8 Å². The molecule has 4 rings (SSSR count). The van der Waals surface area contributed by atoms with E-state index in [-0.39, 0.29) is 30.8 Å². The summed E-state index contributed by atoms with van der Waals surface area (Å²) in [5.41, 5.74) is 0.955. The number of ether oxygens (including phenoxy) is 2. The van der Waals surface area contributed by atoms with Crippen molar-refractivity contribution in [3.63, 3.8) is 0 Å². The number of carbonyl (C=O) groups is 2.